The van der Waals surface area contributed by atoms with Crippen LogP contribution in [-0.4, -0.2) is 27.2 Å². The van der Waals surface area contributed by atoms with E-state index in [9.17, 15) is 5.11 Å². The number of aliphatic hydroxyl groups is 1. The van der Waals surface area contributed by atoms with Crippen LogP contribution < -0.4 is 11.1 Å². The number of rotatable bonds is 5. The first-order valence-corrected chi connectivity index (χ1v) is 7.53. The molecule has 0 fully saturated rings. The number of hydrogen-bond donors (Lipinski definition) is 3. The number of nitrogen functional groups attached to an aromatic ring is 1. The average Bonchev–Trinajstić information content (AvgIpc) is 2.27. The molecule has 4 N–H and O–H groups in total. The number of anilines is 2. The van der Waals surface area contributed by atoms with Gasteiger partial charge in [0, 0.05) is 17.5 Å². The zero-order valence-electron chi connectivity index (χ0n) is 14.4. The molecule has 0 aromatic carbocycles. The lowest BCUT2D eigenvalue weighted by Gasteiger charge is -2.27. The van der Waals surface area contributed by atoms with Crippen molar-refractivity contribution in [1.29, 1.82) is 0 Å². The van der Waals surface area contributed by atoms with Crippen molar-refractivity contribution >= 4 is 11.6 Å². The number of aromatic nitrogens is 2. The van der Waals surface area contributed by atoms with Gasteiger partial charge in [0.2, 0.25) is 0 Å². The molecule has 1 unspecified atom stereocenters. The van der Waals surface area contributed by atoms with Crippen LogP contribution in [0.3, 0.4) is 0 Å². The molecule has 1 rings (SSSR count). The van der Waals surface area contributed by atoms with E-state index in [1.807, 2.05) is 13.8 Å². The van der Waals surface area contributed by atoms with E-state index in [2.05, 4.69) is 49.9 Å². The van der Waals surface area contributed by atoms with Gasteiger partial charge in [0.1, 0.15) is 17.5 Å². The fourth-order valence-electron chi connectivity index (χ4n) is 2.27. The lowest BCUT2D eigenvalue weighted by atomic mass is 9.94. The van der Waals surface area contributed by atoms with Gasteiger partial charge in [-0.2, -0.15) is 0 Å². The molecule has 0 spiro atoms. The van der Waals surface area contributed by atoms with Crippen LogP contribution >= 0.6 is 0 Å². The molecular formula is C16H30N4O. The second-order valence-corrected chi connectivity index (χ2v) is 7.60. The maximum absolute atomic E-state index is 10.4. The van der Waals surface area contributed by atoms with Crippen molar-refractivity contribution < 1.29 is 5.11 Å². The number of nitrogens with two attached hydrogens (primary N) is 1. The smallest absolute Gasteiger partial charge is 0.138 e. The van der Waals surface area contributed by atoms with Crippen molar-refractivity contribution in [3.05, 3.63) is 11.4 Å². The zero-order chi connectivity index (χ0) is 16.4. The Balaban J connectivity index is 2.96. The Morgan fingerprint density at radius 3 is 2.24 bits per heavy atom. The summed E-state index contributed by atoms with van der Waals surface area (Å²) in [5, 5.41) is 13.6. The topological polar surface area (TPSA) is 84.1 Å². The first-order valence-electron chi connectivity index (χ1n) is 7.53. The van der Waals surface area contributed by atoms with Crippen LogP contribution in [-0.2, 0) is 5.41 Å². The van der Waals surface area contributed by atoms with Crippen LogP contribution in [0.1, 0.15) is 59.4 Å². The highest BCUT2D eigenvalue weighted by molar-refractivity contribution is 5.55. The average molecular weight is 294 g/mol. The van der Waals surface area contributed by atoms with Gasteiger partial charge >= 0.3 is 0 Å². The van der Waals surface area contributed by atoms with E-state index in [0.29, 0.717) is 29.9 Å². The molecule has 120 valence electrons. The Labute approximate surface area is 128 Å². The molecule has 0 saturated heterocycles. The minimum atomic E-state index is -0.776. The molecule has 5 heteroatoms. The summed E-state index contributed by atoms with van der Waals surface area (Å²) >= 11 is 0. The van der Waals surface area contributed by atoms with E-state index in [0.717, 1.165) is 12.0 Å². The predicted molar refractivity (Wildman–Crippen MR) is 88.4 cm³/mol. The Kier molecular flexibility index (Phi) is 5.20. The summed E-state index contributed by atoms with van der Waals surface area (Å²) in [6.07, 6.45) is 0.728. The van der Waals surface area contributed by atoms with Gasteiger partial charge in [-0.3, -0.25) is 0 Å². The number of nitrogens with zero attached hydrogens (tertiary/aromatic N) is 2. The van der Waals surface area contributed by atoms with Gasteiger partial charge in [0.15, 0.2) is 0 Å². The van der Waals surface area contributed by atoms with Crippen molar-refractivity contribution in [1.82, 2.24) is 9.97 Å². The summed E-state index contributed by atoms with van der Waals surface area (Å²) < 4.78 is 0. The van der Waals surface area contributed by atoms with E-state index in [1.165, 1.54) is 0 Å². The van der Waals surface area contributed by atoms with Gasteiger partial charge in [-0.15, -0.1) is 0 Å². The quantitative estimate of drug-likeness (QED) is 0.777. The third-order valence-corrected chi connectivity index (χ3v) is 3.34. The maximum Gasteiger partial charge on any atom is 0.138 e. The van der Waals surface area contributed by atoms with Crippen molar-refractivity contribution in [3.63, 3.8) is 0 Å². The molecular weight excluding hydrogens is 264 g/mol. The summed E-state index contributed by atoms with van der Waals surface area (Å²) in [5.41, 5.74) is 5.86. The summed E-state index contributed by atoms with van der Waals surface area (Å²) in [5.74, 6) is 2.33. The van der Waals surface area contributed by atoms with Crippen molar-refractivity contribution in [2.75, 3.05) is 17.6 Å². The number of nitrogens with one attached hydrogen (secondary N) is 1. The summed E-state index contributed by atoms with van der Waals surface area (Å²) in [6, 6.07) is 0. The van der Waals surface area contributed by atoms with E-state index >= 15 is 0 Å². The summed E-state index contributed by atoms with van der Waals surface area (Å²) in [7, 11) is 0. The molecule has 1 atom stereocenters. The Morgan fingerprint density at radius 2 is 1.76 bits per heavy atom. The van der Waals surface area contributed by atoms with Crippen LogP contribution in [0.5, 0.6) is 0 Å². The molecule has 0 amide bonds. The molecule has 0 bridgehead atoms. The lowest BCUT2D eigenvalue weighted by Crippen LogP contribution is -2.35. The maximum atomic E-state index is 10.4. The lowest BCUT2D eigenvalue weighted by molar-refractivity contribution is 0.0514. The molecule has 0 saturated carbocycles. The van der Waals surface area contributed by atoms with Gasteiger partial charge < -0.3 is 16.2 Å². The Hall–Kier alpha value is -1.36. The second-order valence-electron chi connectivity index (χ2n) is 7.60. The van der Waals surface area contributed by atoms with Crippen molar-refractivity contribution in [2.45, 2.75) is 65.9 Å². The van der Waals surface area contributed by atoms with Gasteiger partial charge in [0.05, 0.1) is 5.60 Å². The Morgan fingerprint density at radius 1 is 1.19 bits per heavy atom. The monoisotopic (exact) mass is 294 g/mol. The number of hydrogen-bond acceptors (Lipinski definition) is 5. The van der Waals surface area contributed by atoms with Crippen LogP contribution in [0, 0.1) is 12.8 Å². The molecule has 1 aromatic rings. The highest BCUT2D eigenvalue weighted by atomic mass is 16.3. The largest absolute Gasteiger partial charge is 0.388 e. The van der Waals surface area contributed by atoms with E-state index in [1.54, 1.807) is 0 Å². The first kappa shape index (κ1) is 17.7. The zero-order valence-corrected chi connectivity index (χ0v) is 14.4. The van der Waals surface area contributed by atoms with E-state index in [4.69, 9.17) is 5.73 Å². The summed E-state index contributed by atoms with van der Waals surface area (Å²) in [6.45, 7) is 14.5. The van der Waals surface area contributed by atoms with Crippen molar-refractivity contribution in [2.24, 2.45) is 5.92 Å². The van der Waals surface area contributed by atoms with E-state index in [-0.39, 0.29) is 5.41 Å². The van der Waals surface area contributed by atoms with Crippen LogP contribution in [0.2, 0.25) is 0 Å². The SMILES string of the molecule is Cc1c(N)nc(C(C)(C)C)nc1NCC(C)(O)CC(C)C. The molecule has 0 aliphatic heterocycles. The molecule has 0 aliphatic rings. The standard InChI is InChI=1S/C16H30N4O/c1-10(2)8-16(7,21)9-18-13-11(3)12(17)19-14(20-13)15(4,5)6/h10,21H,8-9H2,1-7H3,(H3,17,18,19,20). The van der Waals surface area contributed by atoms with Crippen LogP contribution in [0.25, 0.3) is 0 Å². The molecule has 0 aliphatic carbocycles. The van der Waals surface area contributed by atoms with Gasteiger partial charge in [-0.05, 0) is 26.2 Å². The van der Waals surface area contributed by atoms with E-state index < -0.39 is 5.60 Å². The molecule has 1 aromatic heterocycles. The molecule has 21 heavy (non-hydrogen) atoms. The fraction of sp³-hybridized carbons (Fsp3) is 0.750. The first-order chi connectivity index (χ1) is 9.42. The van der Waals surface area contributed by atoms with Crippen LogP contribution in [0.4, 0.5) is 11.6 Å². The van der Waals surface area contributed by atoms with Crippen molar-refractivity contribution in [3.8, 4) is 0 Å². The molecule has 5 nitrogen and oxygen atoms in total. The fourth-order valence-corrected chi connectivity index (χ4v) is 2.27. The molecule has 1 heterocycles. The highest BCUT2D eigenvalue weighted by Crippen LogP contribution is 2.25. The minimum absolute atomic E-state index is 0.168. The van der Waals surface area contributed by atoms with Crippen LogP contribution in [0.15, 0.2) is 0 Å². The minimum Gasteiger partial charge on any atom is -0.388 e. The van der Waals surface area contributed by atoms with Gasteiger partial charge in [0.25, 0.3) is 0 Å². The third-order valence-electron chi connectivity index (χ3n) is 3.34. The summed E-state index contributed by atoms with van der Waals surface area (Å²) in [4.78, 5) is 8.93. The predicted octanol–water partition coefficient (Wildman–Crippen LogP) is 2.87. The molecule has 0 radical (unpaired) electrons. The van der Waals surface area contributed by atoms with Gasteiger partial charge in [-0.1, -0.05) is 34.6 Å². The second kappa shape index (κ2) is 6.18. The normalized spacial score (nSPS) is 15.1. The third kappa shape index (κ3) is 5.16. The van der Waals surface area contributed by atoms with Gasteiger partial charge in [-0.25, -0.2) is 9.97 Å². The highest BCUT2D eigenvalue weighted by Gasteiger charge is 2.24. The Bertz CT molecular complexity index is 490.